The number of amides is 1. The number of carbonyl (C=O) groups excluding carboxylic acids is 1. The molecule has 0 aromatic carbocycles. The fourth-order valence-electron chi connectivity index (χ4n) is 2.86. The molecule has 0 unspecified atom stereocenters. The zero-order valence-corrected chi connectivity index (χ0v) is 11.6. The zero-order chi connectivity index (χ0) is 13.4. The predicted octanol–water partition coefficient (Wildman–Crippen LogP) is 1.62. The summed E-state index contributed by atoms with van der Waals surface area (Å²) in [6, 6.07) is 2.02. The van der Waals surface area contributed by atoms with Gasteiger partial charge in [-0.1, -0.05) is 18.5 Å². The Kier molecular flexibility index (Phi) is 3.31. The third-order valence-corrected chi connectivity index (χ3v) is 4.21. The van der Waals surface area contributed by atoms with Crippen LogP contribution < -0.4 is 5.32 Å². The van der Waals surface area contributed by atoms with Gasteiger partial charge >= 0.3 is 0 Å². The van der Waals surface area contributed by atoms with Gasteiger partial charge in [0.15, 0.2) is 5.69 Å². The number of nitrogens with one attached hydrogen (secondary N) is 1. The highest BCUT2D eigenvalue weighted by Gasteiger charge is 2.32. The lowest BCUT2D eigenvalue weighted by Gasteiger charge is -2.17. The lowest BCUT2D eigenvalue weighted by molar-refractivity contribution is 0.0921. The molecule has 3 rings (SSSR count). The fourth-order valence-corrected chi connectivity index (χ4v) is 2.86. The zero-order valence-electron chi connectivity index (χ0n) is 11.6. The van der Waals surface area contributed by atoms with Gasteiger partial charge in [-0.3, -0.25) is 4.79 Å². The first kappa shape index (κ1) is 12.7. The number of nitrogens with zero attached hydrogens (tertiary/aromatic N) is 2. The van der Waals surface area contributed by atoms with E-state index in [0.717, 1.165) is 38.1 Å². The molecule has 1 saturated heterocycles. The fraction of sp³-hybridized carbons (Fsp3) is 0.714. The third kappa shape index (κ3) is 2.66. The van der Waals surface area contributed by atoms with Crippen LogP contribution in [0.25, 0.3) is 0 Å². The lowest BCUT2D eigenvalue weighted by Crippen LogP contribution is -2.40. The number of likely N-dealkylation sites (tertiary alicyclic amines) is 1. The first-order valence-corrected chi connectivity index (χ1v) is 7.13. The molecule has 2 fully saturated rings. The minimum absolute atomic E-state index is 0.102. The van der Waals surface area contributed by atoms with Gasteiger partial charge in [0.1, 0.15) is 5.76 Å². The van der Waals surface area contributed by atoms with Gasteiger partial charge in [0.05, 0.1) is 0 Å². The van der Waals surface area contributed by atoms with E-state index >= 15 is 0 Å². The van der Waals surface area contributed by atoms with Gasteiger partial charge in [-0.15, -0.1) is 0 Å². The monoisotopic (exact) mass is 263 g/mol. The molecule has 1 aliphatic carbocycles. The summed E-state index contributed by atoms with van der Waals surface area (Å²) in [5, 5.41) is 6.98. The number of aromatic nitrogens is 1. The molecular formula is C14H21N3O2. The van der Waals surface area contributed by atoms with E-state index in [-0.39, 0.29) is 11.9 Å². The van der Waals surface area contributed by atoms with Crippen LogP contribution in [0.5, 0.6) is 0 Å². The highest BCUT2D eigenvalue weighted by atomic mass is 16.5. The van der Waals surface area contributed by atoms with Crippen LogP contribution in [0.1, 0.15) is 48.4 Å². The summed E-state index contributed by atoms with van der Waals surface area (Å²) in [5.74, 6) is 1.79. The third-order valence-electron chi connectivity index (χ3n) is 4.21. The van der Waals surface area contributed by atoms with Crippen LogP contribution >= 0.6 is 0 Å². The molecule has 1 saturated carbocycles. The molecule has 19 heavy (non-hydrogen) atoms. The maximum Gasteiger partial charge on any atom is 0.273 e. The summed E-state index contributed by atoms with van der Waals surface area (Å²) in [4.78, 5) is 14.4. The van der Waals surface area contributed by atoms with Crippen molar-refractivity contribution in [3.63, 3.8) is 0 Å². The summed E-state index contributed by atoms with van der Waals surface area (Å²) >= 11 is 0. The summed E-state index contributed by atoms with van der Waals surface area (Å²) < 4.78 is 5.23. The largest absolute Gasteiger partial charge is 0.360 e. The van der Waals surface area contributed by atoms with E-state index in [1.54, 1.807) is 6.07 Å². The Hall–Kier alpha value is -1.36. The van der Waals surface area contributed by atoms with Crippen molar-refractivity contribution in [3.05, 3.63) is 17.5 Å². The molecule has 5 nitrogen and oxygen atoms in total. The molecule has 2 aliphatic rings. The second-order valence-electron chi connectivity index (χ2n) is 5.86. The van der Waals surface area contributed by atoms with E-state index in [4.69, 9.17) is 4.52 Å². The summed E-state index contributed by atoms with van der Waals surface area (Å²) in [5.41, 5.74) is 0.423. The molecular weight excluding hydrogens is 242 g/mol. The van der Waals surface area contributed by atoms with Crippen molar-refractivity contribution in [2.45, 2.75) is 38.1 Å². The van der Waals surface area contributed by atoms with Crippen molar-refractivity contribution in [1.82, 2.24) is 15.4 Å². The Balaban J connectivity index is 1.63. The molecule has 0 spiro atoms. The number of hydrogen-bond acceptors (Lipinski definition) is 4. The molecule has 1 N–H and O–H groups in total. The van der Waals surface area contributed by atoms with Gasteiger partial charge in [0, 0.05) is 31.1 Å². The maximum atomic E-state index is 12.2. The van der Waals surface area contributed by atoms with Crippen molar-refractivity contribution in [2.24, 2.45) is 5.92 Å². The molecule has 2 atom stereocenters. The number of carbonyl (C=O) groups is 1. The first-order valence-electron chi connectivity index (χ1n) is 7.13. The number of rotatable bonds is 4. The molecule has 1 aromatic heterocycles. The SMILES string of the molecule is CC[C@H]1CN(C)C[C@H]1NC(=O)c1cc(C2CC2)on1. The van der Waals surface area contributed by atoms with Gasteiger partial charge in [-0.2, -0.15) is 0 Å². The van der Waals surface area contributed by atoms with Crippen LogP contribution in [-0.4, -0.2) is 42.1 Å². The minimum atomic E-state index is -0.102. The average Bonchev–Trinajstić information content (AvgIpc) is 3.00. The number of likely N-dealkylation sites (N-methyl/N-ethyl adjacent to an activating group) is 1. The van der Waals surface area contributed by atoms with Gasteiger partial charge in [-0.05, 0) is 25.8 Å². The molecule has 0 bridgehead atoms. The summed E-state index contributed by atoms with van der Waals surface area (Å²) in [6.07, 6.45) is 3.39. The Bertz CT molecular complexity index is 467. The topological polar surface area (TPSA) is 58.4 Å². The van der Waals surface area contributed by atoms with Crippen LogP contribution in [-0.2, 0) is 0 Å². The van der Waals surface area contributed by atoms with Crippen LogP contribution in [0, 0.1) is 5.92 Å². The molecule has 1 aliphatic heterocycles. The normalized spacial score (nSPS) is 27.7. The van der Waals surface area contributed by atoms with Crippen LogP contribution in [0.15, 0.2) is 10.6 Å². The van der Waals surface area contributed by atoms with Crippen molar-refractivity contribution in [3.8, 4) is 0 Å². The highest BCUT2D eigenvalue weighted by Crippen LogP contribution is 2.40. The Morgan fingerprint density at radius 2 is 2.32 bits per heavy atom. The second kappa shape index (κ2) is 4.96. The standard InChI is InChI=1S/C14H21N3O2/c1-3-9-7-17(2)8-12(9)15-14(18)11-6-13(19-16-11)10-4-5-10/h6,9-10,12H,3-5,7-8H2,1-2H3,(H,15,18)/t9-,12+/m0/s1. The van der Waals surface area contributed by atoms with Gasteiger partial charge in [0.25, 0.3) is 5.91 Å². The summed E-state index contributed by atoms with van der Waals surface area (Å²) in [6.45, 7) is 4.13. The highest BCUT2D eigenvalue weighted by molar-refractivity contribution is 5.92. The molecule has 2 heterocycles. The van der Waals surface area contributed by atoms with E-state index in [1.165, 1.54) is 0 Å². The first-order chi connectivity index (χ1) is 9.17. The van der Waals surface area contributed by atoms with Crippen molar-refractivity contribution < 1.29 is 9.32 Å². The summed E-state index contributed by atoms with van der Waals surface area (Å²) in [7, 11) is 2.09. The van der Waals surface area contributed by atoms with Gasteiger partial charge in [0.2, 0.25) is 0 Å². The van der Waals surface area contributed by atoms with E-state index in [2.05, 4.69) is 29.3 Å². The minimum Gasteiger partial charge on any atom is -0.360 e. The maximum absolute atomic E-state index is 12.2. The lowest BCUT2D eigenvalue weighted by atomic mass is 10.0. The molecule has 0 radical (unpaired) electrons. The Labute approximate surface area is 113 Å². The Morgan fingerprint density at radius 1 is 1.53 bits per heavy atom. The molecule has 104 valence electrons. The predicted molar refractivity (Wildman–Crippen MR) is 71.0 cm³/mol. The molecule has 5 heteroatoms. The smallest absolute Gasteiger partial charge is 0.273 e. The van der Waals surface area contributed by atoms with Crippen molar-refractivity contribution in [2.75, 3.05) is 20.1 Å². The Morgan fingerprint density at radius 3 is 3.00 bits per heavy atom. The average molecular weight is 263 g/mol. The van der Waals surface area contributed by atoms with E-state index < -0.39 is 0 Å². The molecule has 1 amide bonds. The quantitative estimate of drug-likeness (QED) is 0.897. The number of hydrogen-bond donors (Lipinski definition) is 1. The van der Waals surface area contributed by atoms with E-state index in [0.29, 0.717) is 17.5 Å². The molecule has 1 aromatic rings. The van der Waals surface area contributed by atoms with Crippen LogP contribution in [0.2, 0.25) is 0 Å². The van der Waals surface area contributed by atoms with E-state index in [1.807, 2.05) is 0 Å². The van der Waals surface area contributed by atoms with E-state index in [9.17, 15) is 4.79 Å². The van der Waals surface area contributed by atoms with Crippen molar-refractivity contribution in [1.29, 1.82) is 0 Å². The second-order valence-corrected chi connectivity index (χ2v) is 5.86. The van der Waals surface area contributed by atoms with Crippen LogP contribution in [0.4, 0.5) is 0 Å². The van der Waals surface area contributed by atoms with Crippen LogP contribution in [0.3, 0.4) is 0 Å². The van der Waals surface area contributed by atoms with Gasteiger partial charge < -0.3 is 14.7 Å². The van der Waals surface area contributed by atoms with Gasteiger partial charge in [-0.25, -0.2) is 0 Å². The van der Waals surface area contributed by atoms with Crippen molar-refractivity contribution >= 4 is 5.91 Å².